The van der Waals surface area contributed by atoms with E-state index in [9.17, 15) is 31.2 Å². The Kier molecular flexibility index (Phi) is 11.6. The van der Waals surface area contributed by atoms with Crippen molar-refractivity contribution in [3.8, 4) is 0 Å². The van der Waals surface area contributed by atoms with Crippen LogP contribution in [-0.2, 0) is 32.2 Å². The number of rotatable bonds is 13. The van der Waals surface area contributed by atoms with E-state index in [1.807, 2.05) is 44.2 Å². The van der Waals surface area contributed by atoms with Gasteiger partial charge in [-0.2, -0.15) is 13.2 Å². The maximum atomic E-state index is 14.0. The normalized spacial score (nSPS) is 13.2. The van der Waals surface area contributed by atoms with Gasteiger partial charge in [-0.1, -0.05) is 74.0 Å². The van der Waals surface area contributed by atoms with E-state index in [1.165, 1.54) is 29.2 Å². The fourth-order valence-corrected chi connectivity index (χ4v) is 6.12. The Bertz CT molecular complexity index is 1490. The van der Waals surface area contributed by atoms with E-state index in [-0.39, 0.29) is 23.9 Å². The maximum Gasteiger partial charge on any atom is 0.417 e. The first-order valence-electron chi connectivity index (χ1n) is 13.9. The molecule has 0 fully saturated rings. The van der Waals surface area contributed by atoms with Crippen molar-refractivity contribution < 1.29 is 31.2 Å². The van der Waals surface area contributed by atoms with Crippen LogP contribution in [-0.4, -0.2) is 50.3 Å². The van der Waals surface area contributed by atoms with Crippen molar-refractivity contribution in [1.29, 1.82) is 0 Å². The molecule has 12 heteroatoms. The number of alkyl halides is 3. The van der Waals surface area contributed by atoms with Gasteiger partial charge >= 0.3 is 6.18 Å². The Labute approximate surface area is 255 Å². The van der Waals surface area contributed by atoms with Gasteiger partial charge < -0.3 is 10.2 Å². The van der Waals surface area contributed by atoms with Crippen molar-refractivity contribution in [3.63, 3.8) is 0 Å². The molecule has 3 aromatic carbocycles. The lowest BCUT2D eigenvalue weighted by Gasteiger charge is -2.34. The molecule has 3 rings (SSSR count). The van der Waals surface area contributed by atoms with Crippen LogP contribution in [0.3, 0.4) is 0 Å². The molecule has 0 saturated heterocycles. The summed E-state index contributed by atoms with van der Waals surface area (Å²) in [7, 11) is -4.53. The van der Waals surface area contributed by atoms with Gasteiger partial charge in [0.25, 0.3) is 10.0 Å². The molecule has 0 heterocycles. The topological polar surface area (TPSA) is 86.8 Å². The summed E-state index contributed by atoms with van der Waals surface area (Å²) in [5.74, 6) is -1.15. The van der Waals surface area contributed by atoms with Crippen LogP contribution in [0.5, 0.6) is 0 Å². The van der Waals surface area contributed by atoms with Crippen LogP contribution >= 0.6 is 11.6 Å². The zero-order chi connectivity index (χ0) is 31.8. The third kappa shape index (κ3) is 8.73. The molecule has 0 aromatic heterocycles. The second-order valence-electron chi connectivity index (χ2n) is 10.1. The number of nitrogens with zero attached hydrogens (tertiary/aromatic N) is 2. The van der Waals surface area contributed by atoms with Crippen LogP contribution in [0.1, 0.15) is 44.7 Å². The number of amides is 2. The number of benzene rings is 3. The first-order chi connectivity index (χ1) is 20.3. The van der Waals surface area contributed by atoms with E-state index in [1.54, 1.807) is 13.0 Å². The summed E-state index contributed by atoms with van der Waals surface area (Å²) >= 11 is 5.81. The summed E-state index contributed by atoms with van der Waals surface area (Å²) in [6.45, 7) is 4.68. The lowest BCUT2D eigenvalue weighted by atomic mass is 10.1. The van der Waals surface area contributed by atoms with Crippen molar-refractivity contribution >= 4 is 39.1 Å². The Morgan fingerprint density at radius 2 is 1.53 bits per heavy atom. The molecule has 0 aliphatic carbocycles. The minimum Gasteiger partial charge on any atom is -0.352 e. The number of carbonyl (C=O) groups excluding carboxylic acids is 2. The van der Waals surface area contributed by atoms with Gasteiger partial charge in [0, 0.05) is 12.6 Å². The fourth-order valence-electron chi connectivity index (χ4n) is 4.47. The molecule has 43 heavy (non-hydrogen) atoms. The van der Waals surface area contributed by atoms with Crippen LogP contribution in [0.25, 0.3) is 0 Å². The predicted molar refractivity (Wildman–Crippen MR) is 161 cm³/mol. The first kappa shape index (κ1) is 33.9. The molecule has 232 valence electrons. The standard InChI is InChI=1S/C31H35ClF3N3O4S/c1-4-22(3)36-30(40)28(5-2)37(19-18-23-12-8-6-9-13-23)29(39)21-38(43(41,42)25-14-10-7-11-15-25)24-16-17-27(32)26(20-24)31(33,34)35/h6-17,20,22,28H,4-5,18-19,21H2,1-3H3,(H,36,40)/t22-,28-/m0/s1. The van der Waals surface area contributed by atoms with Crippen molar-refractivity contribution in [2.24, 2.45) is 0 Å². The third-order valence-corrected chi connectivity index (χ3v) is 9.14. The SMILES string of the molecule is CC[C@H](C)NC(=O)[C@H](CC)N(CCc1ccccc1)C(=O)CN(c1ccc(Cl)c(C(F)(F)F)c1)S(=O)(=O)c1ccccc1. The minimum atomic E-state index is -4.87. The first-order valence-corrected chi connectivity index (χ1v) is 15.7. The van der Waals surface area contributed by atoms with Crippen LogP contribution in [0, 0.1) is 0 Å². The molecule has 1 N–H and O–H groups in total. The van der Waals surface area contributed by atoms with E-state index in [2.05, 4.69) is 5.32 Å². The van der Waals surface area contributed by atoms with Crippen LogP contribution in [0.15, 0.2) is 83.8 Å². The second kappa shape index (κ2) is 14.7. The smallest absolute Gasteiger partial charge is 0.352 e. The molecular weight excluding hydrogens is 603 g/mol. The molecule has 0 saturated carbocycles. The molecule has 7 nitrogen and oxygen atoms in total. The van der Waals surface area contributed by atoms with Crippen molar-refractivity contribution in [2.75, 3.05) is 17.4 Å². The monoisotopic (exact) mass is 637 g/mol. The molecule has 0 radical (unpaired) electrons. The van der Waals surface area contributed by atoms with Gasteiger partial charge in [-0.25, -0.2) is 8.42 Å². The van der Waals surface area contributed by atoms with Crippen molar-refractivity contribution in [3.05, 3.63) is 95.0 Å². The highest BCUT2D eigenvalue weighted by Gasteiger charge is 2.37. The Morgan fingerprint density at radius 3 is 2.09 bits per heavy atom. The van der Waals surface area contributed by atoms with E-state index in [0.29, 0.717) is 23.2 Å². The molecule has 0 spiro atoms. The van der Waals surface area contributed by atoms with E-state index >= 15 is 0 Å². The van der Waals surface area contributed by atoms with Gasteiger partial charge in [0.05, 0.1) is 21.2 Å². The quantitative estimate of drug-likeness (QED) is 0.238. The second-order valence-corrected chi connectivity index (χ2v) is 12.3. The molecular formula is C31H35ClF3N3O4S. The number of sulfonamides is 1. The Morgan fingerprint density at radius 1 is 0.930 bits per heavy atom. The zero-order valence-electron chi connectivity index (χ0n) is 24.1. The number of hydrogen-bond acceptors (Lipinski definition) is 4. The molecule has 0 aliphatic rings. The highest BCUT2D eigenvalue weighted by Crippen LogP contribution is 2.38. The van der Waals surface area contributed by atoms with Gasteiger partial charge in [-0.05, 0) is 62.1 Å². The highest BCUT2D eigenvalue weighted by molar-refractivity contribution is 7.92. The molecule has 0 bridgehead atoms. The maximum absolute atomic E-state index is 14.0. The van der Waals surface area contributed by atoms with E-state index in [4.69, 9.17) is 11.6 Å². The zero-order valence-corrected chi connectivity index (χ0v) is 25.7. The molecule has 0 aliphatic heterocycles. The third-order valence-electron chi connectivity index (χ3n) is 7.02. The van der Waals surface area contributed by atoms with Gasteiger partial charge in [0.15, 0.2) is 0 Å². The fraction of sp³-hybridized carbons (Fsp3) is 0.355. The average Bonchev–Trinajstić information content (AvgIpc) is 2.98. The Balaban J connectivity index is 2.09. The summed E-state index contributed by atoms with van der Waals surface area (Å²) in [6.07, 6.45) is -3.62. The van der Waals surface area contributed by atoms with E-state index < -0.39 is 56.9 Å². The molecule has 0 unspecified atom stereocenters. The molecule has 2 amide bonds. The summed E-state index contributed by atoms with van der Waals surface area (Å²) in [5, 5.41) is 2.27. The number of halogens is 4. The Hall–Kier alpha value is -3.57. The van der Waals surface area contributed by atoms with Gasteiger partial charge in [0.2, 0.25) is 11.8 Å². The van der Waals surface area contributed by atoms with Crippen LogP contribution in [0.2, 0.25) is 5.02 Å². The average molecular weight is 638 g/mol. The van der Waals surface area contributed by atoms with E-state index in [0.717, 1.165) is 17.7 Å². The lowest BCUT2D eigenvalue weighted by molar-refractivity contribution is -0.139. The summed E-state index contributed by atoms with van der Waals surface area (Å²) in [6, 6.07) is 17.9. The molecule has 2 atom stereocenters. The summed E-state index contributed by atoms with van der Waals surface area (Å²) < 4.78 is 69.6. The molecule has 3 aromatic rings. The van der Waals surface area contributed by atoms with Gasteiger partial charge in [0.1, 0.15) is 12.6 Å². The lowest BCUT2D eigenvalue weighted by Crippen LogP contribution is -2.54. The van der Waals surface area contributed by atoms with Gasteiger partial charge in [-0.15, -0.1) is 0 Å². The minimum absolute atomic E-state index is 0.0723. The van der Waals surface area contributed by atoms with Gasteiger partial charge in [-0.3, -0.25) is 13.9 Å². The largest absolute Gasteiger partial charge is 0.417 e. The number of hydrogen-bond donors (Lipinski definition) is 1. The predicted octanol–water partition coefficient (Wildman–Crippen LogP) is 6.32. The summed E-state index contributed by atoms with van der Waals surface area (Å²) in [4.78, 5) is 28.4. The van der Waals surface area contributed by atoms with Crippen LogP contribution < -0.4 is 9.62 Å². The highest BCUT2D eigenvalue weighted by atomic mass is 35.5. The summed E-state index contributed by atoms with van der Waals surface area (Å²) in [5.41, 5.74) is -0.750. The van der Waals surface area contributed by atoms with Crippen molar-refractivity contribution in [2.45, 2.75) is 63.2 Å². The van der Waals surface area contributed by atoms with Crippen molar-refractivity contribution in [1.82, 2.24) is 10.2 Å². The number of carbonyl (C=O) groups is 2. The number of nitrogens with one attached hydrogen (secondary N) is 1. The van der Waals surface area contributed by atoms with Crippen LogP contribution in [0.4, 0.5) is 18.9 Å². The number of anilines is 1.